The van der Waals surface area contributed by atoms with Crippen LogP contribution < -0.4 is 5.32 Å². The molecule has 3 aromatic rings. The zero-order valence-corrected chi connectivity index (χ0v) is 14.4. The van der Waals surface area contributed by atoms with Gasteiger partial charge >= 0.3 is 0 Å². The highest BCUT2D eigenvalue weighted by molar-refractivity contribution is 7.99. The average molecular weight is 362 g/mol. The van der Waals surface area contributed by atoms with E-state index in [2.05, 4.69) is 37.0 Å². The van der Waals surface area contributed by atoms with Crippen molar-refractivity contribution in [1.29, 1.82) is 0 Å². The number of hydrogen-bond donors (Lipinski definition) is 1. The third-order valence-corrected chi connectivity index (χ3v) is 4.85. The van der Waals surface area contributed by atoms with Crippen LogP contribution in [0.3, 0.4) is 0 Å². The first kappa shape index (κ1) is 16.4. The number of thiophene rings is 1. The van der Waals surface area contributed by atoms with Gasteiger partial charge in [0.1, 0.15) is 5.69 Å². The zero-order valence-electron chi connectivity index (χ0n) is 12.8. The maximum absolute atomic E-state index is 12.0. The minimum atomic E-state index is -0.218. The van der Waals surface area contributed by atoms with Crippen LogP contribution >= 0.6 is 23.1 Å². The van der Waals surface area contributed by atoms with Crippen LogP contribution in [0.25, 0.3) is 10.7 Å². The fourth-order valence-corrected chi connectivity index (χ4v) is 3.39. The smallest absolute Gasteiger partial charge is 0.236 e. The number of thioether (sulfide) groups is 1. The molecule has 1 N–H and O–H groups in total. The highest BCUT2D eigenvalue weighted by atomic mass is 32.2. The van der Waals surface area contributed by atoms with Crippen molar-refractivity contribution in [3.63, 3.8) is 0 Å². The van der Waals surface area contributed by atoms with Gasteiger partial charge < -0.3 is 5.32 Å². The molecule has 3 rings (SSSR count). The van der Waals surface area contributed by atoms with Crippen LogP contribution in [0.2, 0.25) is 0 Å². The lowest BCUT2D eigenvalue weighted by Crippen LogP contribution is -2.15. The molecule has 0 fully saturated rings. The van der Waals surface area contributed by atoms with Gasteiger partial charge in [-0.1, -0.05) is 29.1 Å². The van der Waals surface area contributed by atoms with Crippen molar-refractivity contribution in [3.8, 4) is 10.7 Å². The van der Waals surface area contributed by atoms with E-state index in [4.69, 9.17) is 0 Å². The molecule has 0 bridgehead atoms. The van der Waals surface area contributed by atoms with Crippen molar-refractivity contribution in [2.75, 3.05) is 11.1 Å². The molecule has 0 atom stereocenters. The van der Waals surface area contributed by atoms with Crippen LogP contribution in [-0.4, -0.2) is 36.7 Å². The van der Waals surface area contributed by atoms with Gasteiger partial charge in [-0.15, -0.1) is 28.1 Å². The van der Waals surface area contributed by atoms with Gasteiger partial charge in [0.15, 0.2) is 16.8 Å². The number of carbonyl (C=O) groups is 1. The summed E-state index contributed by atoms with van der Waals surface area (Å²) < 4.78 is 6.48. The molecule has 24 heavy (non-hydrogen) atoms. The number of nitrogens with one attached hydrogen (secondary N) is 1. The number of hydrogen-bond acceptors (Lipinski definition) is 8. The van der Waals surface area contributed by atoms with Gasteiger partial charge in [0.2, 0.25) is 5.91 Å². The van der Waals surface area contributed by atoms with E-state index >= 15 is 0 Å². The third-order valence-electron chi connectivity index (χ3n) is 3.01. The number of amides is 1. The molecule has 0 aromatic carbocycles. The summed E-state index contributed by atoms with van der Waals surface area (Å²) in [5.74, 6) is 1.05. The molecule has 10 heteroatoms. The minimum absolute atomic E-state index is 0.173. The van der Waals surface area contributed by atoms with Gasteiger partial charge in [-0.2, -0.15) is 0 Å². The average Bonchev–Trinajstić information content (AvgIpc) is 3.28. The largest absolute Gasteiger partial charge is 0.306 e. The lowest BCUT2D eigenvalue weighted by Gasteiger charge is -2.06. The van der Waals surface area contributed by atoms with Gasteiger partial charge in [-0.3, -0.25) is 9.36 Å². The summed E-state index contributed by atoms with van der Waals surface area (Å²) in [4.78, 5) is 13.0. The van der Waals surface area contributed by atoms with Crippen LogP contribution in [0.1, 0.15) is 5.69 Å². The summed E-state index contributed by atoms with van der Waals surface area (Å²) in [6.45, 7) is 6.03. The first-order chi connectivity index (χ1) is 11.7. The third kappa shape index (κ3) is 3.54. The van der Waals surface area contributed by atoms with E-state index < -0.39 is 0 Å². The SMILES string of the molecule is C=CCn1c(SCC(=O)Nc2nonc2C)nnc1-c1cccs1. The van der Waals surface area contributed by atoms with Crippen LogP contribution in [0.5, 0.6) is 0 Å². The standard InChI is InChI=1S/C14H14N6O2S2/c1-3-6-20-13(10-5-4-7-23-10)16-17-14(20)24-8-11(21)15-12-9(2)18-22-19-12/h3-5,7H,1,6,8H2,2H3,(H,15,19,21). The Balaban J connectivity index is 1.70. The Kier molecular flexibility index (Phi) is 5.06. The Morgan fingerprint density at radius 1 is 1.50 bits per heavy atom. The second kappa shape index (κ2) is 7.41. The topological polar surface area (TPSA) is 98.7 Å². The number of nitrogens with zero attached hydrogens (tertiary/aromatic N) is 5. The fraction of sp³-hybridized carbons (Fsp3) is 0.214. The summed E-state index contributed by atoms with van der Waals surface area (Å²) in [6.07, 6.45) is 1.77. The van der Waals surface area contributed by atoms with Crippen molar-refractivity contribution in [3.05, 3.63) is 35.9 Å². The Morgan fingerprint density at radius 3 is 3.04 bits per heavy atom. The molecule has 0 aliphatic heterocycles. The van der Waals surface area contributed by atoms with E-state index in [9.17, 15) is 4.79 Å². The summed E-state index contributed by atoms with van der Waals surface area (Å²) in [6, 6.07) is 3.94. The summed E-state index contributed by atoms with van der Waals surface area (Å²) in [5.41, 5.74) is 0.531. The summed E-state index contributed by atoms with van der Waals surface area (Å²) in [7, 11) is 0. The van der Waals surface area contributed by atoms with E-state index in [1.165, 1.54) is 11.8 Å². The first-order valence-corrected chi connectivity index (χ1v) is 8.85. The highest BCUT2D eigenvalue weighted by Gasteiger charge is 2.16. The molecule has 0 saturated heterocycles. The van der Waals surface area contributed by atoms with Crippen LogP contribution in [-0.2, 0) is 11.3 Å². The predicted octanol–water partition coefficient (Wildman–Crippen LogP) is 2.61. The molecule has 0 radical (unpaired) electrons. The second-order valence-electron chi connectivity index (χ2n) is 4.72. The maximum atomic E-state index is 12.0. The molecule has 124 valence electrons. The van der Waals surface area contributed by atoms with Gasteiger partial charge in [0.05, 0.1) is 10.6 Å². The Morgan fingerprint density at radius 2 is 2.38 bits per heavy atom. The number of rotatable bonds is 7. The van der Waals surface area contributed by atoms with Crippen molar-refractivity contribution >= 4 is 34.8 Å². The predicted molar refractivity (Wildman–Crippen MR) is 91.9 cm³/mol. The summed E-state index contributed by atoms with van der Waals surface area (Å²) in [5, 5.41) is 20.9. The summed E-state index contributed by atoms with van der Waals surface area (Å²) >= 11 is 2.88. The molecular weight excluding hydrogens is 348 g/mol. The zero-order chi connectivity index (χ0) is 16.9. The van der Waals surface area contributed by atoms with Gasteiger partial charge in [0, 0.05) is 6.54 Å². The van der Waals surface area contributed by atoms with Gasteiger partial charge in [-0.05, 0) is 23.5 Å². The van der Waals surface area contributed by atoms with Crippen molar-refractivity contribution in [2.24, 2.45) is 0 Å². The normalized spacial score (nSPS) is 10.7. The lowest BCUT2D eigenvalue weighted by molar-refractivity contribution is -0.113. The number of anilines is 1. The van der Waals surface area contributed by atoms with Crippen LogP contribution in [0.15, 0.2) is 40.0 Å². The fourth-order valence-electron chi connectivity index (χ4n) is 1.92. The van der Waals surface area contributed by atoms with Gasteiger partial charge in [-0.25, -0.2) is 4.63 Å². The second-order valence-corrected chi connectivity index (χ2v) is 6.61. The van der Waals surface area contributed by atoms with E-state index in [1.54, 1.807) is 24.3 Å². The molecule has 8 nitrogen and oxygen atoms in total. The molecule has 3 heterocycles. The highest BCUT2D eigenvalue weighted by Crippen LogP contribution is 2.27. The van der Waals surface area contributed by atoms with E-state index in [1.807, 2.05) is 22.1 Å². The molecular formula is C14H14N6O2S2. The van der Waals surface area contributed by atoms with Crippen molar-refractivity contribution < 1.29 is 9.42 Å². The quantitative estimate of drug-likeness (QED) is 0.509. The van der Waals surface area contributed by atoms with E-state index in [0.717, 1.165) is 10.7 Å². The molecule has 0 spiro atoms. The minimum Gasteiger partial charge on any atom is -0.306 e. The molecule has 1 amide bonds. The maximum Gasteiger partial charge on any atom is 0.236 e. The van der Waals surface area contributed by atoms with Gasteiger partial charge in [0.25, 0.3) is 0 Å². The molecule has 0 saturated carbocycles. The molecule has 3 aromatic heterocycles. The van der Waals surface area contributed by atoms with E-state index in [-0.39, 0.29) is 11.7 Å². The van der Waals surface area contributed by atoms with Crippen molar-refractivity contribution in [2.45, 2.75) is 18.6 Å². The molecule has 0 aliphatic carbocycles. The molecule has 0 aliphatic rings. The monoisotopic (exact) mass is 362 g/mol. The van der Waals surface area contributed by atoms with Crippen LogP contribution in [0.4, 0.5) is 5.82 Å². The number of carbonyl (C=O) groups excluding carboxylic acids is 1. The Labute approximate surface area is 145 Å². The first-order valence-electron chi connectivity index (χ1n) is 6.99. The van der Waals surface area contributed by atoms with Crippen molar-refractivity contribution in [1.82, 2.24) is 25.1 Å². The Bertz CT molecular complexity index is 839. The Hall–Kier alpha value is -2.46. The number of allylic oxidation sites excluding steroid dienone is 1. The number of aryl methyl sites for hydroxylation is 1. The molecule has 0 unspecified atom stereocenters. The lowest BCUT2D eigenvalue weighted by atomic mass is 10.4. The van der Waals surface area contributed by atoms with E-state index in [0.29, 0.717) is 23.2 Å². The number of aromatic nitrogens is 5. The van der Waals surface area contributed by atoms with Crippen LogP contribution in [0, 0.1) is 6.92 Å².